The number of hydrogen-bond acceptors (Lipinski definition) is 4. The van der Waals surface area contributed by atoms with Crippen LogP contribution in [0.5, 0.6) is 0 Å². The van der Waals surface area contributed by atoms with Crippen LogP contribution in [0.3, 0.4) is 0 Å². The molecule has 0 aliphatic rings. The van der Waals surface area contributed by atoms with Crippen molar-refractivity contribution in [2.75, 3.05) is 12.3 Å². The van der Waals surface area contributed by atoms with Crippen LogP contribution in [0.15, 0.2) is 12.5 Å². The molecule has 1 amide bonds. The maximum atomic E-state index is 11.9. The van der Waals surface area contributed by atoms with E-state index in [0.717, 1.165) is 11.4 Å². The number of nitrogens with zero attached hydrogens (tertiary/aromatic N) is 2. The number of hydrogen-bond donors (Lipinski definition) is 4. The molecule has 2 rings (SSSR count). The van der Waals surface area contributed by atoms with Crippen LogP contribution in [0, 0.1) is 0 Å². The zero-order chi connectivity index (χ0) is 13.8. The van der Waals surface area contributed by atoms with Gasteiger partial charge >= 0.3 is 0 Å². The highest BCUT2D eigenvalue weighted by Gasteiger charge is 2.18. The molecule has 2 aromatic rings. The third-order valence-corrected chi connectivity index (χ3v) is 2.86. The molecule has 0 fully saturated rings. The third kappa shape index (κ3) is 2.93. The number of rotatable bonds is 5. The second kappa shape index (κ2) is 5.55. The van der Waals surface area contributed by atoms with Crippen LogP contribution < -0.4 is 11.1 Å². The summed E-state index contributed by atoms with van der Waals surface area (Å²) in [4.78, 5) is 18.8. The van der Waals surface area contributed by atoms with Gasteiger partial charge in [-0.05, 0) is 5.92 Å². The second-order valence-electron chi connectivity index (χ2n) is 4.64. The summed E-state index contributed by atoms with van der Waals surface area (Å²) in [5.74, 6) is -0.0563. The molecule has 0 spiro atoms. The van der Waals surface area contributed by atoms with Gasteiger partial charge < -0.3 is 16.0 Å². The molecule has 7 heteroatoms. The summed E-state index contributed by atoms with van der Waals surface area (Å²) in [5.41, 5.74) is 8.34. The average molecular weight is 262 g/mol. The summed E-state index contributed by atoms with van der Waals surface area (Å²) in [6, 6.07) is 0. The van der Waals surface area contributed by atoms with Crippen molar-refractivity contribution >= 4 is 11.6 Å². The molecule has 2 heterocycles. The van der Waals surface area contributed by atoms with E-state index in [2.05, 4.69) is 25.5 Å². The lowest BCUT2D eigenvalue weighted by molar-refractivity contribution is 0.0950. The third-order valence-electron chi connectivity index (χ3n) is 2.86. The first-order valence-corrected chi connectivity index (χ1v) is 6.18. The minimum atomic E-state index is -0.264. The molecule has 102 valence electrons. The number of nitrogens with one attached hydrogen (secondary N) is 3. The largest absolute Gasteiger partial charge is 0.395 e. The number of anilines is 1. The van der Waals surface area contributed by atoms with Crippen LogP contribution in [-0.2, 0) is 6.42 Å². The zero-order valence-electron chi connectivity index (χ0n) is 11.0. The van der Waals surface area contributed by atoms with E-state index < -0.39 is 0 Å². The van der Waals surface area contributed by atoms with E-state index in [9.17, 15) is 4.79 Å². The van der Waals surface area contributed by atoms with Crippen LogP contribution in [0.1, 0.15) is 41.6 Å². The van der Waals surface area contributed by atoms with Gasteiger partial charge in [0.15, 0.2) is 5.69 Å². The Morgan fingerprint density at radius 3 is 2.89 bits per heavy atom. The SMILES string of the molecule is CC(C)c1[nH]nc(C(=O)NCCc2cnc[nH]2)c1N. The van der Waals surface area contributed by atoms with Gasteiger partial charge in [0.1, 0.15) is 0 Å². The predicted molar refractivity (Wildman–Crippen MR) is 71.7 cm³/mol. The number of aromatic amines is 2. The average Bonchev–Trinajstić information content (AvgIpc) is 2.98. The standard InChI is InChI=1S/C12H18N6O/c1-7(2)10-9(13)11(18-17-10)12(19)15-4-3-8-5-14-6-16-8/h5-7H,3-4,13H2,1-2H3,(H,14,16)(H,15,19)(H,17,18). The Hall–Kier alpha value is -2.31. The first kappa shape index (κ1) is 13.1. The number of nitrogens with two attached hydrogens (primary N) is 1. The van der Waals surface area contributed by atoms with E-state index in [1.54, 1.807) is 12.5 Å². The highest BCUT2D eigenvalue weighted by Crippen LogP contribution is 2.21. The lowest BCUT2D eigenvalue weighted by Gasteiger charge is -2.04. The molecule has 0 bridgehead atoms. The first-order valence-electron chi connectivity index (χ1n) is 6.18. The summed E-state index contributed by atoms with van der Waals surface area (Å²) >= 11 is 0. The molecule has 0 aromatic carbocycles. The monoisotopic (exact) mass is 262 g/mol. The molecule has 5 N–H and O–H groups in total. The van der Waals surface area contributed by atoms with E-state index in [1.165, 1.54) is 0 Å². The van der Waals surface area contributed by atoms with Crippen LogP contribution in [-0.4, -0.2) is 32.6 Å². The van der Waals surface area contributed by atoms with Crippen LogP contribution in [0.2, 0.25) is 0 Å². The van der Waals surface area contributed by atoms with Crippen molar-refractivity contribution in [2.45, 2.75) is 26.2 Å². The van der Waals surface area contributed by atoms with E-state index in [4.69, 9.17) is 5.73 Å². The Bertz CT molecular complexity index is 543. The maximum absolute atomic E-state index is 11.9. The van der Waals surface area contributed by atoms with Gasteiger partial charge in [-0.15, -0.1) is 0 Å². The number of nitrogen functional groups attached to an aromatic ring is 1. The quantitative estimate of drug-likeness (QED) is 0.638. The number of aromatic nitrogens is 4. The first-order chi connectivity index (χ1) is 9.09. The van der Waals surface area contributed by atoms with Crippen molar-refractivity contribution in [1.82, 2.24) is 25.5 Å². The van der Waals surface area contributed by atoms with Gasteiger partial charge in [0.25, 0.3) is 5.91 Å². The molecule has 0 aliphatic heterocycles. The number of imidazole rings is 1. The van der Waals surface area contributed by atoms with Crippen LogP contribution in [0.25, 0.3) is 0 Å². The fraction of sp³-hybridized carbons (Fsp3) is 0.417. The fourth-order valence-corrected chi connectivity index (χ4v) is 1.79. The summed E-state index contributed by atoms with van der Waals surface area (Å²) in [5, 5.41) is 9.56. The van der Waals surface area contributed by atoms with Gasteiger partial charge in [0, 0.05) is 24.9 Å². The topological polar surface area (TPSA) is 112 Å². The molecular weight excluding hydrogens is 244 g/mol. The van der Waals surface area contributed by atoms with E-state index in [-0.39, 0.29) is 17.5 Å². The summed E-state index contributed by atoms with van der Waals surface area (Å²) in [6.07, 6.45) is 4.02. The van der Waals surface area contributed by atoms with E-state index in [0.29, 0.717) is 18.7 Å². The lowest BCUT2D eigenvalue weighted by Crippen LogP contribution is -2.26. The zero-order valence-corrected chi connectivity index (χ0v) is 11.0. The van der Waals surface area contributed by atoms with Gasteiger partial charge in [0.2, 0.25) is 0 Å². The summed E-state index contributed by atoms with van der Waals surface area (Å²) < 4.78 is 0. The Morgan fingerprint density at radius 1 is 1.53 bits per heavy atom. The molecule has 0 unspecified atom stereocenters. The highest BCUT2D eigenvalue weighted by atomic mass is 16.1. The summed E-state index contributed by atoms with van der Waals surface area (Å²) in [6.45, 7) is 4.48. The molecule has 0 saturated carbocycles. The van der Waals surface area contributed by atoms with Crippen molar-refractivity contribution in [2.24, 2.45) is 0 Å². The van der Waals surface area contributed by atoms with E-state index in [1.807, 2.05) is 13.8 Å². The van der Waals surface area contributed by atoms with Crippen molar-refractivity contribution in [1.29, 1.82) is 0 Å². The van der Waals surface area contributed by atoms with Gasteiger partial charge in [-0.25, -0.2) is 4.98 Å². The molecule has 19 heavy (non-hydrogen) atoms. The van der Waals surface area contributed by atoms with Crippen molar-refractivity contribution in [3.05, 3.63) is 29.6 Å². The smallest absolute Gasteiger partial charge is 0.273 e. The normalized spacial score (nSPS) is 10.9. The van der Waals surface area contributed by atoms with Gasteiger partial charge in [-0.3, -0.25) is 9.89 Å². The molecular formula is C12H18N6O. The molecule has 0 atom stereocenters. The van der Waals surface area contributed by atoms with Crippen molar-refractivity contribution in [3.8, 4) is 0 Å². The van der Waals surface area contributed by atoms with Crippen molar-refractivity contribution in [3.63, 3.8) is 0 Å². The predicted octanol–water partition coefficient (Wildman–Crippen LogP) is 0.811. The minimum absolute atomic E-state index is 0.207. The van der Waals surface area contributed by atoms with Gasteiger partial charge in [0.05, 0.1) is 17.7 Å². The Labute approximate surface area is 111 Å². The Kier molecular flexibility index (Phi) is 3.84. The van der Waals surface area contributed by atoms with E-state index >= 15 is 0 Å². The maximum Gasteiger partial charge on any atom is 0.273 e. The number of amides is 1. The molecule has 0 aliphatic carbocycles. The highest BCUT2D eigenvalue weighted by molar-refractivity contribution is 5.97. The molecule has 0 radical (unpaired) electrons. The summed E-state index contributed by atoms with van der Waals surface area (Å²) in [7, 11) is 0. The number of H-pyrrole nitrogens is 2. The van der Waals surface area contributed by atoms with Crippen molar-refractivity contribution < 1.29 is 4.79 Å². The molecule has 2 aromatic heterocycles. The number of carbonyl (C=O) groups is 1. The van der Waals surface area contributed by atoms with Crippen LogP contribution >= 0.6 is 0 Å². The fourth-order valence-electron chi connectivity index (χ4n) is 1.79. The van der Waals surface area contributed by atoms with Crippen LogP contribution in [0.4, 0.5) is 5.69 Å². The lowest BCUT2D eigenvalue weighted by atomic mass is 10.1. The molecule has 0 saturated heterocycles. The Balaban J connectivity index is 1.93. The van der Waals surface area contributed by atoms with Gasteiger partial charge in [-0.2, -0.15) is 5.10 Å². The Morgan fingerprint density at radius 2 is 2.32 bits per heavy atom. The molecule has 7 nitrogen and oxygen atoms in total. The second-order valence-corrected chi connectivity index (χ2v) is 4.64. The van der Waals surface area contributed by atoms with Gasteiger partial charge in [-0.1, -0.05) is 13.8 Å². The minimum Gasteiger partial charge on any atom is -0.395 e. The number of carbonyl (C=O) groups excluding carboxylic acids is 1.